The first kappa shape index (κ1) is 18.8. The van der Waals surface area contributed by atoms with Gasteiger partial charge in [0.25, 0.3) is 5.91 Å². The molecular weight excluding hydrogens is 378 g/mol. The zero-order valence-electron chi connectivity index (χ0n) is 16.8. The Balaban J connectivity index is 1.28. The van der Waals surface area contributed by atoms with Crippen LogP contribution < -0.4 is 10.2 Å². The number of pyridine rings is 1. The minimum absolute atomic E-state index is 0.129. The molecule has 2 fully saturated rings. The Bertz CT molecular complexity index is 1010. The molecule has 1 saturated carbocycles. The predicted octanol–water partition coefficient (Wildman–Crippen LogP) is 2.91. The third-order valence-electron chi connectivity index (χ3n) is 5.55. The number of aromatic nitrogens is 3. The van der Waals surface area contributed by atoms with Gasteiger partial charge in [-0.15, -0.1) is 0 Å². The van der Waals surface area contributed by atoms with Crippen molar-refractivity contribution >= 4 is 11.7 Å². The number of rotatable bonds is 6. The maximum absolute atomic E-state index is 13.0. The van der Waals surface area contributed by atoms with Crippen molar-refractivity contribution in [3.63, 3.8) is 0 Å². The van der Waals surface area contributed by atoms with Crippen molar-refractivity contribution in [2.75, 3.05) is 31.2 Å². The van der Waals surface area contributed by atoms with Crippen LogP contribution in [0.15, 0.2) is 54.7 Å². The molecule has 1 aliphatic heterocycles. The van der Waals surface area contributed by atoms with Gasteiger partial charge in [0.1, 0.15) is 11.5 Å². The smallest absolute Gasteiger partial charge is 0.270 e. The first-order chi connectivity index (χ1) is 14.8. The largest absolute Gasteiger partial charge is 0.378 e. The van der Waals surface area contributed by atoms with Crippen LogP contribution in [0.5, 0.6) is 0 Å². The summed E-state index contributed by atoms with van der Waals surface area (Å²) in [6.07, 6.45) is 4.12. The van der Waals surface area contributed by atoms with Gasteiger partial charge in [-0.3, -0.25) is 4.79 Å². The van der Waals surface area contributed by atoms with Crippen molar-refractivity contribution in [1.82, 2.24) is 20.1 Å². The number of benzene rings is 1. The second-order valence-electron chi connectivity index (χ2n) is 7.78. The second kappa shape index (κ2) is 8.28. The minimum Gasteiger partial charge on any atom is -0.378 e. The van der Waals surface area contributed by atoms with Crippen molar-refractivity contribution in [2.45, 2.75) is 25.3 Å². The van der Waals surface area contributed by atoms with E-state index >= 15 is 0 Å². The summed E-state index contributed by atoms with van der Waals surface area (Å²) in [4.78, 5) is 19.7. The average Bonchev–Trinajstić information content (AvgIpc) is 3.57. The molecule has 1 amide bonds. The number of amides is 1. The Hall–Kier alpha value is -3.19. The van der Waals surface area contributed by atoms with E-state index < -0.39 is 0 Å². The number of nitrogens with zero attached hydrogens (tertiary/aromatic N) is 4. The molecule has 1 aliphatic carbocycles. The summed E-state index contributed by atoms with van der Waals surface area (Å²) >= 11 is 0. The number of nitrogens with one attached hydrogen (secondary N) is 1. The molecule has 0 unspecified atom stereocenters. The monoisotopic (exact) mass is 403 g/mol. The van der Waals surface area contributed by atoms with Gasteiger partial charge in [0.05, 0.1) is 24.6 Å². The molecule has 0 radical (unpaired) electrons. The number of carbonyl (C=O) groups is 1. The number of carbonyl (C=O) groups excluding carboxylic acids is 1. The first-order valence-electron chi connectivity index (χ1n) is 10.5. The van der Waals surface area contributed by atoms with Crippen molar-refractivity contribution in [1.29, 1.82) is 0 Å². The number of hydrogen-bond donors (Lipinski definition) is 1. The normalized spacial score (nSPS) is 16.5. The Morgan fingerprint density at radius 1 is 1.10 bits per heavy atom. The molecule has 7 heteroatoms. The standard InChI is InChI=1S/C23H25N5O2/c29-23(25-16-17-6-9-22(24-15-17)27-10-12-30-13-11-27)21-14-20(18-7-8-18)26-28(21)19-4-2-1-3-5-19/h1-6,9,14-15,18H,7-8,10-13,16H2,(H,25,29). The summed E-state index contributed by atoms with van der Waals surface area (Å²) < 4.78 is 7.14. The van der Waals surface area contributed by atoms with Gasteiger partial charge in [-0.1, -0.05) is 24.3 Å². The van der Waals surface area contributed by atoms with Crippen molar-refractivity contribution in [3.05, 3.63) is 71.7 Å². The molecular formula is C23H25N5O2. The summed E-state index contributed by atoms with van der Waals surface area (Å²) in [5, 5.41) is 7.73. The Morgan fingerprint density at radius 2 is 1.90 bits per heavy atom. The fraction of sp³-hybridized carbons (Fsp3) is 0.348. The van der Waals surface area contributed by atoms with Gasteiger partial charge < -0.3 is 15.0 Å². The van der Waals surface area contributed by atoms with E-state index in [-0.39, 0.29) is 5.91 Å². The summed E-state index contributed by atoms with van der Waals surface area (Å²) in [6.45, 7) is 3.61. The van der Waals surface area contributed by atoms with Crippen LogP contribution in [0.3, 0.4) is 0 Å². The van der Waals surface area contributed by atoms with E-state index in [1.54, 1.807) is 4.68 Å². The lowest BCUT2D eigenvalue weighted by Crippen LogP contribution is -2.36. The molecule has 7 nitrogen and oxygen atoms in total. The van der Waals surface area contributed by atoms with Gasteiger partial charge in [0.2, 0.25) is 0 Å². The quantitative estimate of drug-likeness (QED) is 0.685. The van der Waals surface area contributed by atoms with Crippen LogP contribution in [0.4, 0.5) is 5.82 Å². The number of ether oxygens (including phenoxy) is 1. The van der Waals surface area contributed by atoms with Crippen LogP contribution in [0, 0.1) is 0 Å². The summed E-state index contributed by atoms with van der Waals surface area (Å²) in [5.74, 6) is 1.30. The van der Waals surface area contributed by atoms with E-state index in [9.17, 15) is 4.79 Å². The van der Waals surface area contributed by atoms with E-state index in [1.165, 1.54) is 0 Å². The van der Waals surface area contributed by atoms with E-state index in [0.717, 1.165) is 61.9 Å². The summed E-state index contributed by atoms with van der Waals surface area (Å²) in [6, 6.07) is 15.8. The lowest BCUT2D eigenvalue weighted by atomic mass is 10.2. The molecule has 1 aromatic carbocycles. The highest BCUT2D eigenvalue weighted by Gasteiger charge is 2.29. The zero-order valence-corrected chi connectivity index (χ0v) is 16.8. The maximum Gasteiger partial charge on any atom is 0.270 e. The fourth-order valence-electron chi connectivity index (χ4n) is 3.68. The van der Waals surface area contributed by atoms with E-state index in [0.29, 0.717) is 18.2 Å². The van der Waals surface area contributed by atoms with Gasteiger partial charge in [-0.25, -0.2) is 9.67 Å². The molecule has 3 aromatic rings. The van der Waals surface area contributed by atoms with E-state index in [2.05, 4.69) is 15.2 Å². The molecule has 2 aromatic heterocycles. The minimum atomic E-state index is -0.129. The molecule has 0 bridgehead atoms. The fourth-order valence-corrected chi connectivity index (χ4v) is 3.68. The molecule has 154 valence electrons. The molecule has 0 spiro atoms. The summed E-state index contributed by atoms with van der Waals surface area (Å²) in [5.41, 5.74) is 3.43. The third-order valence-corrected chi connectivity index (χ3v) is 5.55. The Morgan fingerprint density at radius 3 is 2.60 bits per heavy atom. The lowest BCUT2D eigenvalue weighted by Gasteiger charge is -2.27. The van der Waals surface area contributed by atoms with Crippen LogP contribution >= 0.6 is 0 Å². The third kappa shape index (κ3) is 4.07. The van der Waals surface area contributed by atoms with Crippen LogP contribution in [-0.4, -0.2) is 47.0 Å². The molecule has 5 rings (SSSR count). The summed E-state index contributed by atoms with van der Waals surface area (Å²) in [7, 11) is 0. The van der Waals surface area contributed by atoms with Crippen LogP contribution in [0.25, 0.3) is 5.69 Å². The van der Waals surface area contributed by atoms with Crippen LogP contribution in [0.1, 0.15) is 40.5 Å². The molecule has 0 atom stereocenters. The SMILES string of the molecule is O=C(NCc1ccc(N2CCOCC2)nc1)c1cc(C2CC2)nn1-c1ccccc1. The second-order valence-corrected chi connectivity index (χ2v) is 7.78. The van der Waals surface area contributed by atoms with Crippen molar-refractivity contribution in [3.8, 4) is 5.69 Å². The highest BCUT2D eigenvalue weighted by molar-refractivity contribution is 5.93. The van der Waals surface area contributed by atoms with Gasteiger partial charge in [-0.05, 0) is 42.7 Å². The van der Waals surface area contributed by atoms with Crippen LogP contribution in [-0.2, 0) is 11.3 Å². The van der Waals surface area contributed by atoms with Crippen molar-refractivity contribution < 1.29 is 9.53 Å². The van der Waals surface area contributed by atoms with Gasteiger partial charge in [0, 0.05) is 31.7 Å². The lowest BCUT2D eigenvalue weighted by molar-refractivity contribution is 0.0943. The number of para-hydroxylation sites is 1. The highest BCUT2D eigenvalue weighted by atomic mass is 16.5. The number of morpholine rings is 1. The van der Waals surface area contributed by atoms with E-state index in [4.69, 9.17) is 9.84 Å². The average molecular weight is 403 g/mol. The zero-order chi connectivity index (χ0) is 20.3. The first-order valence-corrected chi connectivity index (χ1v) is 10.5. The number of anilines is 1. The maximum atomic E-state index is 13.0. The number of hydrogen-bond acceptors (Lipinski definition) is 5. The van der Waals surface area contributed by atoms with Crippen molar-refractivity contribution in [2.24, 2.45) is 0 Å². The van der Waals surface area contributed by atoms with Gasteiger partial charge in [-0.2, -0.15) is 5.10 Å². The molecule has 1 saturated heterocycles. The van der Waals surface area contributed by atoms with Gasteiger partial charge >= 0.3 is 0 Å². The Kier molecular flexibility index (Phi) is 5.19. The Labute approximate surface area is 175 Å². The predicted molar refractivity (Wildman–Crippen MR) is 114 cm³/mol. The van der Waals surface area contributed by atoms with E-state index in [1.807, 2.05) is 54.7 Å². The van der Waals surface area contributed by atoms with Crippen LogP contribution in [0.2, 0.25) is 0 Å². The van der Waals surface area contributed by atoms with Gasteiger partial charge in [0.15, 0.2) is 0 Å². The highest BCUT2D eigenvalue weighted by Crippen LogP contribution is 2.39. The molecule has 30 heavy (non-hydrogen) atoms. The molecule has 1 N–H and O–H groups in total. The topological polar surface area (TPSA) is 72.3 Å². The molecule has 2 aliphatic rings. The molecule has 3 heterocycles.